The number of nitrogens with zero attached hydrogens (tertiary/aromatic N) is 2. The molecule has 0 spiro atoms. The molecule has 4 rings (SSSR count). The Balaban J connectivity index is 1.75. The van der Waals surface area contributed by atoms with Crippen molar-refractivity contribution in [1.82, 2.24) is 10.2 Å². The third-order valence-corrected chi connectivity index (χ3v) is 5.55. The standard InChI is InChI=1S/C24H26N2O3/c1-28-22-14-13-19(16-23(22)29-21-11-5-6-12-21)24(27,18-8-3-2-4-9-18)17-20-10-7-15-25-26-20/h2-4,7-10,13-16,21,27H,5-6,11-12,17H2,1H3. The molecule has 1 N–H and O–H groups in total. The van der Waals surface area contributed by atoms with Crippen LogP contribution >= 0.6 is 0 Å². The zero-order valence-electron chi connectivity index (χ0n) is 16.6. The molecule has 0 saturated heterocycles. The van der Waals surface area contributed by atoms with Crippen molar-refractivity contribution in [3.05, 3.63) is 83.7 Å². The fourth-order valence-corrected chi connectivity index (χ4v) is 3.99. The minimum Gasteiger partial charge on any atom is -0.493 e. The van der Waals surface area contributed by atoms with Gasteiger partial charge in [0.1, 0.15) is 5.60 Å². The van der Waals surface area contributed by atoms with Crippen LogP contribution in [0, 0.1) is 0 Å². The molecule has 1 heterocycles. The Labute approximate surface area is 171 Å². The predicted octanol–water partition coefficient (Wildman–Crippen LogP) is 4.29. The molecule has 0 aliphatic heterocycles. The minimum absolute atomic E-state index is 0.198. The van der Waals surface area contributed by atoms with Crippen molar-refractivity contribution in [1.29, 1.82) is 0 Å². The first kappa shape index (κ1) is 19.4. The number of benzene rings is 2. The number of hydrogen-bond donors (Lipinski definition) is 1. The van der Waals surface area contributed by atoms with E-state index < -0.39 is 5.60 Å². The monoisotopic (exact) mass is 390 g/mol. The zero-order chi connectivity index (χ0) is 20.1. The number of hydrogen-bond acceptors (Lipinski definition) is 5. The quantitative estimate of drug-likeness (QED) is 0.652. The SMILES string of the molecule is COc1ccc(C(O)(Cc2cccnn2)c2ccccc2)cc1OC1CCCC1. The van der Waals surface area contributed by atoms with Gasteiger partial charge < -0.3 is 14.6 Å². The van der Waals surface area contributed by atoms with Gasteiger partial charge in [-0.1, -0.05) is 36.4 Å². The predicted molar refractivity (Wildman–Crippen MR) is 111 cm³/mol. The van der Waals surface area contributed by atoms with E-state index in [9.17, 15) is 5.11 Å². The molecule has 29 heavy (non-hydrogen) atoms. The first-order chi connectivity index (χ1) is 14.2. The Hall–Kier alpha value is -2.92. The molecule has 1 aliphatic carbocycles. The molecule has 0 bridgehead atoms. The molecule has 1 aromatic heterocycles. The summed E-state index contributed by atoms with van der Waals surface area (Å²) in [5.74, 6) is 1.35. The van der Waals surface area contributed by atoms with Crippen LogP contribution in [0.4, 0.5) is 0 Å². The Morgan fingerprint density at radius 1 is 0.966 bits per heavy atom. The van der Waals surface area contributed by atoms with E-state index >= 15 is 0 Å². The third kappa shape index (κ3) is 4.25. The van der Waals surface area contributed by atoms with Gasteiger partial charge in [0.25, 0.3) is 0 Å². The molecule has 5 nitrogen and oxygen atoms in total. The highest BCUT2D eigenvalue weighted by Gasteiger charge is 2.34. The van der Waals surface area contributed by atoms with Crippen LogP contribution in [0.5, 0.6) is 11.5 Å². The summed E-state index contributed by atoms with van der Waals surface area (Å²) in [6, 6.07) is 19.0. The van der Waals surface area contributed by atoms with Crippen molar-refractivity contribution < 1.29 is 14.6 Å². The van der Waals surface area contributed by atoms with Gasteiger partial charge in [-0.3, -0.25) is 0 Å². The summed E-state index contributed by atoms with van der Waals surface area (Å²) in [7, 11) is 1.64. The molecule has 3 aromatic rings. The van der Waals surface area contributed by atoms with Crippen molar-refractivity contribution in [2.45, 2.75) is 43.8 Å². The van der Waals surface area contributed by atoms with Crippen LogP contribution in [0.2, 0.25) is 0 Å². The fourth-order valence-electron chi connectivity index (χ4n) is 3.99. The smallest absolute Gasteiger partial charge is 0.161 e. The van der Waals surface area contributed by atoms with Gasteiger partial charge in [0, 0.05) is 12.6 Å². The Bertz CT molecular complexity index is 927. The lowest BCUT2D eigenvalue weighted by atomic mass is 9.82. The van der Waals surface area contributed by atoms with Crippen molar-refractivity contribution >= 4 is 0 Å². The van der Waals surface area contributed by atoms with Gasteiger partial charge >= 0.3 is 0 Å². The van der Waals surface area contributed by atoms with Crippen molar-refractivity contribution in [2.24, 2.45) is 0 Å². The van der Waals surface area contributed by atoms with Gasteiger partial charge in [0.05, 0.1) is 18.9 Å². The molecule has 0 amide bonds. The van der Waals surface area contributed by atoms with Gasteiger partial charge in [0.2, 0.25) is 0 Å². The van der Waals surface area contributed by atoms with Crippen molar-refractivity contribution in [3.8, 4) is 11.5 Å². The summed E-state index contributed by atoms with van der Waals surface area (Å²) >= 11 is 0. The molecular formula is C24H26N2O3. The minimum atomic E-state index is -1.27. The summed E-state index contributed by atoms with van der Waals surface area (Å²) in [5, 5.41) is 20.0. The second-order valence-corrected chi connectivity index (χ2v) is 7.51. The third-order valence-electron chi connectivity index (χ3n) is 5.55. The maximum atomic E-state index is 11.9. The highest BCUT2D eigenvalue weighted by atomic mass is 16.5. The molecule has 1 unspecified atom stereocenters. The van der Waals surface area contributed by atoms with Crippen LogP contribution in [0.3, 0.4) is 0 Å². The van der Waals surface area contributed by atoms with E-state index in [-0.39, 0.29) is 6.10 Å². The first-order valence-corrected chi connectivity index (χ1v) is 10.1. The number of aromatic nitrogens is 2. The van der Waals surface area contributed by atoms with Crippen LogP contribution < -0.4 is 9.47 Å². The van der Waals surface area contributed by atoms with Crippen LogP contribution in [0.1, 0.15) is 42.5 Å². The van der Waals surface area contributed by atoms with Gasteiger partial charge in [0.15, 0.2) is 11.5 Å². The van der Waals surface area contributed by atoms with Crippen molar-refractivity contribution in [3.63, 3.8) is 0 Å². The van der Waals surface area contributed by atoms with E-state index in [0.717, 1.165) is 24.0 Å². The number of methoxy groups -OCH3 is 1. The second-order valence-electron chi connectivity index (χ2n) is 7.51. The Morgan fingerprint density at radius 3 is 2.45 bits per heavy atom. The summed E-state index contributed by atoms with van der Waals surface area (Å²) < 4.78 is 11.8. The van der Waals surface area contributed by atoms with Crippen LogP contribution in [-0.2, 0) is 12.0 Å². The average molecular weight is 390 g/mol. The maximum Gasteiger partial charge on any atom is 0.161 e. The van der Waals surface area contributed by atoms with E-state index in [1.165, 1.54) is 12.8 Å². The van der Waals surface area contributed by atoms with E-state index in [1.54, 1.807) is 13.3 Å². The maximum absolute atomic E-state index is 11.9. The fraction of sp³-hybridized carbons (Fsp3) is 0.333. The molecule has 5 heteroatoms. The summed E-state index contributed by atoms with van der Waals surface area (Å²) in [6.45, 7) is 0. The molecule has 2 aromatic carbocycles. The second kappa shape index (κ2) is 8.62. The molecule has 1 atom stereocenters. The first-order valence-electron chi connectivity index (χ1n) is 10.1. The van der Waals surface area contributed by atoms with Gasteiger partial charge in [-0.25, -0.2) is 0 Å². The van der Waals surface area contributed by atoms with Gasteiger partial charge in [-0.15, -0.1) is 0 Å². The van der Waals surface area contributed by atoms with Crippen molar-refractivity contribution in [2.75, 3.05) is 7.11 Å². The highest BCUT2D eigenvalue weighted by Crippen LogP contribution is 2.39. The summed E-state index contributed by atoms with van der Waals surface area (Å²) in [6.07, 6.45) is 6.61. The molecule has 1 aliphatic rings. The van der Waals surface area contributed by atoms with Gasteiger partial charge in [-0.05, 0) is 61.1 Å². The number of rotatable bonds is 7. The van der Waals surface area contributed by atoms with E-state index in [1.807, 2.05) is 60.7 Å². The highest BCUT2D eigenvalue weighted by molar-refractivity contribution is 5.48. The molecule has 150 valence electrons. The van der Waals surface area contributed by atoms with E-state index in [2.05, 4.69) is 10.2 Å². The van der Waals surface area contributed by atoms with Crippen LogP contribution in [0.25, 0.3) is 0 Å². The lowest BCUT2D eigenvalue weighted by Crippen LogP contribution is -2.30. The Morgan fingerprint density at radius 2 is 1.76 bits per heavy atom. The number of aliphatic hydroxyl groups is 1. The lowest BCUT2D eigenvalue weighted by molar-refractivity contribution is 0.0791. The van der Waals surface area contributed by atoms with Crippen LogP contribution in [-0.4, -0.2) is 28.5 Å². The molecule has 1 fully saturated rings. The van der Waals surface area contributed by atoms with E-state index in [0.29, 0.717) is 23.6 Å². The van der Waals surface area contributed by atoms with Gasteiger partial charge in [-0.2, -0.15) is 10.2 Å². The summed E-state index contributed by atoms with van der Waals surface area (Å²) in [5.41, 5.74) is 0.982. The molecule has 1 saturated carbocycles. The van der Waals surface area contributed by atoms with E-state index in [4.69, 9.17) is 9.47 Å². The Kier molecular flexibility index (Phi) is 5.76. The van der Waals surface area contributed by atoms with Crippen LogP contribution in [0.15, 0.2) is 66.9 Å². The number of ether oxygens (including phenoxy) is 2. The normalized spacial score (nSPS) is 16.3. The summed E-state index contributed by atoms with van der Waals surface area (Å²) in [4.78, 5) is 0. The lowest BCUT2D eigenvalue weighted by Gasteiger charge is -2.30. The molecular weight excluding hydrogens is 364 g/mol. The molecule has 0 radical (unpaired) electrons. The average Bonchev–Trinajstić information content (AvgIpc) is 3.28. The topological polar surface area (TPSA) is 64.5 Å². The largest absolute Gasteiger partial charge is 0.493 e. The zero-order valence-corrected chi connectivity index (χ0v) is 16.6.